The second kappa shape index (κ2) is 7.43. The average molecular weight is 235 g/mol. The molecule has 96 valence electrons. The molecule has 0 aliphatic carbocycles. The standard InChI is InChI=1S/C14H25N3/c1-4-11(2)17-10-14-6-12(8-15)5-13(7-14)9-16-3/h5-7,11,16-17H,4,8-10,15H2,1-3H3. The van der Waals surface area contributed by atoms with E-state index in [9.17, 15) is 0 Å². The highest BCUT2D eigenvalue weighted by molar-refractivity contribution is 5.30. The first-order chi connectivity index (χ1) is 8.19. The molecule has 1 rings (SSSR count). The second-order valence-electron chi connectivity index (χ2n) is 4.58. The van der Waals surface area contributed by atoms with Crippen LogP contribution in [0.5, 0.6) is 0 Å². The van der Waals surface area contributed by atoms with Gasteiger partial charge in [-0.2, -0.15) is 0 Å². The summed E-state index contributed by atoms with van der Waals surface area (Å²) in [5, 5.41) is 6.69. The van der Waals surface area contributed by atoms with Crippen molar-refractivity contribution in [2.75, 3.05) is 7.05 Å². The molecule has 1 aromatic rings. The molecule has 0 aromatic heterocycles. The molecule has 0 radical (unpaired) electrons. The van der Waals surface area contributed by atoms with Crippen molar-refractivity contribution in [2.45, 2.75) is 45.9 Å². The first-order valence-electron chi connectivity index (χ1n) is 6.39. The van der Waals surface area contributed by atoms with Gasteiger partial charge in [-0.15, -0.1) is 0 Å². The van der Waals surface area contributed by atoms with Crippen LogP contribution in [-0.4, -0.2) is 13.1 Å². The molecular weight excluding hydrogens is 210 g/mol. The summed E-state index contributed by atoms with van der Waals surface area (Å²) in [6, 6.07) is 7.16. The predicted octanol–water partition coefficient (Wildman–Crippen LogP) is 1.75. The number of hydrogen-bond donors (Lipinski definition) is 3. The van der Waals surface area contributed by atoms with Crippen LogP contribution >= 0.6 is 0 Å². The van der Waals surface area contributed by atoms with Gasteiger partial charge in [-0.3, -0.25) is 0 Å². The summed E-state index contributed by atoms with van der Waals surface area (Å²) in [6.07, 6.45) is 1.15. The molecule has 0 aliphatic rings. The number of nitrogens with one attached hydrogen (secondary N) is 2. The van der Waals surface area contributed by atoms with Gasteiger partial charge in [0.1, 0.15) is 0 Å². The molecular formula is C14H25N3. The number of benzene rings is 1. The Bertz CT molecular complexity index is 336. The Hall–Kier alpha value is -0.900. The van der Waals surface area contributed by atoms with E-state index < -0.39 is 0 Å². The maximum Gasteiger partial charge on any atom is 0.0208 e. The first-order valence-corrected chi connectivity index (χ1v) is 6.39. The van der Waals surface area contributed by atoms with Gasteiger partial charge in [0.05, 0.1) is 0 Å². The van der Waals surface area contributed by atoms with E-state index in [1.807, 2.05) is 7.05 Å². The van der Waals surface area contributed by atoms with Crippen LogP contribution in [0.25, 0.3) is 0 Å². The molecule has 3 heteroatoms. The molecule has 17 heavy (non-hydrogen) atoms. The Morgan fingerprint density at radius 1 is 1.12 bits per heavy atom. The SMILES string of the molecule is CCC(C)NCc1cc(CN)cc(CNC)c1. The van der Waals surface area contributed by atoms with E-state index in [2.05, 4.69) is 42.7 Å². The van der Waals surface area contributed by atoms with Crippen LogP contribution in [0.4, 0.5) is 0 Å². The summed E-state index contributed by atoms with van der Waals surface area (Å²) in [6.45, 7) is 6.82. The third-order valence-corrected chi connectivity index (χ3v) is 3.00. The fourth-order valence-corrected chi connectivity index (χ4v) is 1.80. The van der Waals surface area contributed by atoms with Crippen LogP contribution in [0.15, 0.2) is 18.2 Å². The average Bonchev–Trinajstić information content (AvgIpc) is 2.36. The molecule has 0 saturated heterocycles. The molecule has 0 fully saturated rings. The monoisotopic (exact) mass is 235 g/mol. The molecule has 0 aliphatic heterocycles. The molecule has 4 N–H and O–H groups in total. The van der Waals surface area contributed by atoms with Crippen molar-refractivity contribution in [1.82, 2.24) is 10.6 Å². The Morgan fingerprint density at radius 2 is 1.71 bits per heavy atom. The van der Waals surface area contributed by atoms with E-state index in [1.54, 1.807) is 0 Å². The van der Waals surface area contributed by atoms with Crippen molar-refractivity contribution < 1.29 is 0 Å². The fourth-order valence-electron chi connectivity index (χ4n) is 1.80. The van der Waals surface area contributed by atoms with Crippen molar-refractivity contribution >= 4 is 0 Å². The molecule has 3 nitrogen and oxygen atoms in total. The molecule has 1 atom stereocenters. The van der Waals surface area contributed by atoms with E-state index in [0.29, 0.717) is 12.6 Å². The predicted molar refractivity (Wildman–Crippen MR) is 73.7 cm³/mol. The van der Waals surface area contributed by atoms with Gasteiger partial charge in [-0.1, -0.05) is 25.1 Å². The second-order valence-corrected chi connectivity index (χ2v) is 4.58. The Labute approximate surface area is 105 Å². The molecule has 1 unspecified atom stereocenters. The quantitative estimate of drug-likeness (QED) is 0.675. The topological polar surface area (TPSA) is 50.1 Å². The zero-order valence-electron chi connectivity index (χ0n) is 11.2. The van der Waals surface area contributed by atoms with Crippen molar-refractivity contribution in [2.24, 2.45) is 5.73 Å². The molecule has 0 spiro atoms. The molecule has 0 bridgehead atoms. The summed E-state index contributed by atoms with van der Waals surface area (Å²) in [5.74, 6) is 0. The van der Waals surface area contributed by atoms with Gasteiger partial charge in [0.15, 0.2) is 0 Å². The van der Waals surface area contributed by atoms with Crippen LogP contribution in [0.1, 0.15) is 37.0 Å². The molecule has 1 aromatic carbocycles. The van der Waals surface area contributed by atoms with Gasteiger partial charge < -0.3 is 16.4 Å². The Balaban J connectivity index is 2.72. The lowest BCUT2D eigenvalue weighted by atomic mass is 10.0. The minimum Gasteiger partial charge on any atom is -0.326 e. The summed E-state index contributed by atoms with van der Waals surface area (Å²) in [4.78, 5) is 0. The largest absolute Gasteiger partial charge is 0.326 e. The zero-order valence-corrected chi connectivity index (χ0v) is 11.2. The van der Waals surface area contributed by atoms with E-state index in [1.165, 1.54) is 16.7 Å². The summed E-state index contributed by atoms with van der Waals surface area (Å²) >= 11 is 0. The van der Waals surface area contributed by atoms with Gasteiger partial charge in [0.2, 0.25) is 0 Å². The smallest absolute Gasteiger partial charge is 0.0208 e. The zero-order chi connectivity index (χ0) is 12.7. The Kier molecular flexibility index (Phi) is 6.19. The van der Waals surface area contributed by atoms with E-state index in [4.69, 9.17) is 5.73 Å². The van der Waals surface area contributed by atoms with Crippen molar-refractivity contribution in [3.05, 3.63) is 34.9 Å². The fraction of sp³-hybridized carbons (Fsp3) is 0.571. The minimum absolute atomic E-state index is 0.560. The Morgan fingerprint density at radius 3 is 2.24 bits per heavy atom. The summed E-state index contributed by atoms with van der Waals surface area (Å²) in [7, 11) is 1.96. The maximum absolute atomic E-state index is 5.73. The van der Waals surface area contributed by atoms with Crippen LogP contribution < -0.4 is 16.4 Å². The van der Waals surface area contributed by atoms with E-state index in [0.717, 1.165) is 19.5 Å². The van der Waals surface area contributed by atoms with Gasteiger partial charge in [-0.25, -0.2) is 0 Å². The van der Waals surface area contributed by atoms with E-state index in [-0.39, 0.29) is 0 Å². The van der Waals surface area contributed by atoms with Crippen LogP contribution in [-0.2, 0) is 19.6 Å². The van der Waals surface area contributed by atoms with Gasteiger partial charge in [-0.05, 0) is 37.1 Å². The highest BCUT2D eigenvalue weighted by Crippen LogP contribution is 2.10. The van der Waals surface area contributed by atoms with Crippen molar-refractivity contribution in [3.8, 4) is 0 Å². The van der Waals surface area contributed by atoms with E-state index >= 15 is 0 Å². The normalized spacial score (nSPS) is 12.7. The lowest BCUT2D eigenvalue weighted by Gasteiger charge is -2.13. The number of hydrogen-bond acceptors (Lipinski definition) is 3. The highest BCUT2D eigenvalue weighted by Gasteiger charge is 2.02. The summed E-state index contributed by atoms with van der Waals surface area (Å²) in [5.41, 5.74) is 9.55. The lowest BCUT2D eigenvalue weighted by molar-refractivity contribution is 0.533. The van der Waals surface area contributed by atoms with Crippen LogP contribution in [0.3, 0.4) is 0 Å². The number of nitrogens with two attached hydrogens (primary N) is 1. The molecule has 0 amide bonds. The van der Waals surface area contributed by atoms with Gasteiger partial charge >= 0.3 is 0 Å². The maximum atomic E-state index is 5.73. The summed E-state index contributed by atoms with van der Waals surface area (Å²) < 4.78 is 0. The van der Waals surface area contributed by atoms with Crippen molar-refractivity contribution in [3.63, 3.8) is 0 Å². The minimum atomic E-state index is 0.560. The first kappa shape index (κ1) is 14.2. The van der Waals surface area contributed by atoms with Crippen LogP contribution in [0, 0.1) is 0 Å². The third-order valence-electron chi connectivity index (χ3n) is 3.00. The molecule has 0 saturated carbocycles. The number of rotatable bonds is 7. The van der Waals surface area contributed by atoms with Crippen molar-refractivity contribution in [1.29, 1.82) is 0 Å². The third kappa shape index (κ3) is 4.86. The highest BCUT2D eigenvalue weighted by atomic mass is 14.9. The van der Waals surface area contributed by atoms with Gasteiger partial charge in [0.25, 0.3) is 0 Å². The molecule has 0 heterocycles. The van der Waals surface area contributed by atoms with Crippen LogP contribution in [0.2, 0.25) is 0 Å². The lowest BCUT2D eigenvalue weighted by Crippen LogP contribution is -2.24. The van der Waals surface area contributed by atoms with Gasteiger partial charge in [0, 0.05) is 25.7 Å².